The molecule has 2 fully saturated rings. The number of carbonyl (C=O) groups excluding carboxylic acids is 1. The summed E-state index contributed by atoms with van der Waals surface area (Å²) in [4.78, 5) is 14.1. The fourth-order valence-electron chi connectivity index (χ4n) is 3.15. The average Bonchev–Trinajstić information content (AvgIpc) is 2.94. The lowest BCUT2D eigenvalue weighted by atomic mass is 10.0. The maximum Gasteiger partial charge on any atom is 0.254 e. The van der Waals surface area contributed by atoms with Gasteiger partial charge < -0.3 is 14.4 Å². The Hall–Kier alpha value is -1.62. The predicted octanol–water partition coefficient (Wildman–Crippen LogP) is 2.08. The lowest BCUT2D eigenvalue weighted by molar-refractivity contribution is 0.0443. The Kier molecular flexibility index (Phi) is 3.38. The van der Waals surface area contributed by atoms with Gasteiger partial charge >= 0.3 is 0 Å². The quantitative estimate of drug-likeness (QED) is 0.832. The van der Waals surface area contributed by atoms with E-state index in [4.69, 9.17) is 9.47 Å². The van der Waals surface area contributed by atoms with Crippen LogP contribution in [0, 0.1) is 11.7 Å². The van der Waals surface area contributed by atoms with Crippen molar-refractivity contribution in [3.05, 3.63) is 29.6 Å². The summed E-state index contributed by atoms with van der Waals surface area (Å²) in [5.41, 5.74) is 0.358. The second-order valence-electron chi connectivity index (χ2n) is 5.54. The number of methoxy groups -OCH3 is 1. The van der Waals surface area contributed by atoms with E-state index in [1.807, 2.05) is 0 Å². The van der Waals surface area contributed by atoms with Gasteiger partial charge in [0.2, 0.25) is 0 Å². The van der Waals surface area contributed by atoms with Crippen LogP contribution < -0.4 is 4.74 Å². The zero-order chi connectivity index (χ0) is 14.3. The fourth-order valence-corrected chi connectivity index (χ4v) is 3.15. The number of likely N-dealkylation sites (tertiary alicyclic amines) is 1. The fraction of sp³-hybridized carbons (Fsp3) is 0.533. The third-order valence-corrected chi connectivity index (χ3v) is 4.11. The summed E-state index contributed by atoms with van der Waals surface area (Å²) in [5.74, 6) is -0.0890. The third-order valence-electron chi connectivity index (χ3n) is 4.11. The Morgan fingerprint density at radius 1 is 1.45 bits per heavy atom. The number of carbonyl (C=O) groups is 1. The Labute approximate surface area is 117 Å². The number of ether oxygens (including phenoxy) is 2. The predicted molar refractivity (Wildman–Crippen MR) is 71.3 cm³/mol. The topological polar surface area (TPSA) is 38.8 Å². The number of hydrogen-bond acceptors (Lipinski definition) is 3. The minimum atomic E-state index is -0.511. The SMILES string of the molecule is COc1ccc(C(=O)N2C[C@@H]3C[C@@H](C)O[C@@H]3C2)cc1F. The van der Waals surface area contributed by atoms with Crippen LogP contribution in [-0.2, 0) is 4.74 Å². The summed E-state index contributed by atoms with van der Waals surface area (Å²) in [7, 11) is 1.40. The monoisotopic (exact) mass is 279 g/mol. The van der Waals surface area contributed by atoms with E-state index in [2.05, 4.69) is 6.92 Å². The van der Waals surface area contributed by atoms with E-state index in [0.717, 1.165) is 6.42 Å². The van der Waals surface area contributed by atoms with Gasteiger partial charge in [0.25, 0.3) is 5.91 Å². The summed E-state index contributed by atoms with van der Waals surface area (Å²) in [5, 5.41) is 0. The molecule has 0 spiro atoms. The molecule has 2 saturated heterocycles. The van der Waals surface area contributed by atoms with Crippen molar-refractivity contribution in [1.29, 1.82) is 0 Å². The van der Waals surface area contributed by atoms with Gasteiger partial charge in [0.1, 0.15) is 0 Å². The molecule has 0 aromatic heterocycles. The number of halogens is 1. The van der Waals surface area contributed by atoms with Crippen molar-refractivity contribution in [2.45, 2.75) is 25.6 Å². The minimum Gasteiger partial charge on any atom is -0.494 e. The molecule has 2 aliphatic heterocycles. The van der Waals surface area contributed by atoms with Crippen molar-refractivity contribution in [2.24, 2.45) is 5.92 Å². The van der Waals surface area contributed by atoms with Crippen LogP contribution in [0.15, 0.2) is 18.2 Å². The summed E-state index contributed by atoms with van der Waals surface area (Å²) in [6.45, 7) is 3.35. The number of nitrogens with zero attached hydrogens (tertiary/aromatic N) is 1. The van der Waals surface area contributed by atoms with Crippen LogP contribution >= 0.6 is 0 Å². The molecule has 0 bridgehead atoms. The number of benzene rings is 1. The van der Waals surface area contributed by atoms with Gasteiger partial charge in [-0.2, -0.15) is 0 Å². The maximum atomic E-state index is 13.7. The van der Waals surface area contributed by atoms with Gasteiger partial charge in [-0.1, -0.05) is 0 Å². The van der Waals surface area contributed by atoms with Crippen molar-refractivity contribution < 1.29 is 18.7 Å². The molecular formula is C15H18FNO3. The lowest BCUT2D eigenvalue weighted by Crippen LogP contribution is -2.31. The molecule has 4 nitrogen and oxygen atoms in total. The number of amides is 1. The molecule has 0 radical (unpaired) electrons. The molecule has 1 aromatic carbocycles. The van der Waals surface area contributed by atoms with Crippen LogP contribution in [0.25, 0.3) is 0 Å². The number of rotatable bonds is 2. The highest BCUT2D eigenvalue weighted by atomic mass is 19.1. The van der Waals surface area contributed by atoms with Crippen molar-refractivity contribution in [1.82, 2.24) is 4.90 Å². The highest BCUT2D eigenvalue weighted by molar-refractivity contribution is 5.94. The van der Waals surface area contributed by atoms with E-state index in [-0.39, 0.29) is 23.9 Å². The summed E-state index contributed by atoms with van der Waals surface area (Å²) in [6, 6.07) is 4.32. The standard InChI is InChI=1S/C15H18FNO3/c1-9-5-11-7-17(8-14(11)20-9)15(18)10-3-4-13(19-2)12(16)6-10/h3-4,6,9,11,14H,5,7-8H2,1-2H3/t9-,11+,14-/m1/s1. The van der Waals surface area contributed by atoms with Gasteiger partial charge in [-0.25, -0.2) is 4.39 Å². The van der Waals surface area contributed by atoms with Crippen LogP contribution in [-0.4, -0.2) is 43.2 Å². The molecule has 1 aromatic rings. The van der Waals surface area contributed by atoms with Gasteiger partial charge in [0.05, 0.1) is 19.3 Å². The highest BCUT2D eigenvalue weighted by Gasteiger charge is 2.42. The molecule has 1 amide bonds. The maximum absolute atomic E-state index is 13.7. The van der Waals surface area contributed by atoms with Crippen LogP contribution in [0.4, 0.5) is 4.39 Å². The lowest BCUT2D eigenvalue weighted by Gasteiger charge is -2.18. The second-order valence-corrected chi connectivity index (χ2v) is 5.54. The Morgan fingerprint density at radius 3 is 2.90 bits per heavy atom. The first-order valence-electron chi connectivity index (χ1n) is 6.86. The first-order chi connectivity index (χ1) is 9.58. The van der Waals surface area contributed by atoms with Crippen molar-refractivity contribution >= 4 is 5.91 Å². The first kappa shape index (κ1) is 13.4. The van der Waals surface area contributed by atoms with Gasteiger partial charge in [-0.05, 0) is 31.5 Å². The van der Waals surface area contributed by atoms with E-state index < -0.39 is 5.82 Å². The van der Waals surface area contributed by atoms with Gasteiger partial charge in [-0.3, -0.25) is 4.79 Å². The van der Waals surface area contributed by atoms with Crippen LogP contribution in [0.2, 0.25) is 0 Å². The normalized spacial score (nSPS) is 28.6. The average molecular weight is 279 g/mol. The van der Waals surface area contributed by atoms with E-state index in [1.54, 1.807) is 11.0 Å². The molecule has 0 N–H and O–H groups in total. The van der Waals surface area contributed by atoms with Crippen LogP contribution in [0.5, 0.6) is 5.75 Å². The molecule has 3 atom stereocenters. The Bertz CT molecular complexity index is 520. The van der Waals surface area contributed by atoms with Crippen LogP contribution in [0.3, 0.4) is 0 Å². The molecule has 0 saturated carbocycles. The largest absolute Gasteiger partial charge is 0.494 e. The second kappa shape index (κ2) is 5.05. The summed E-state index contributed by atoms with van der Waals surface area (Å²) >= 11 is 0. The van der Waals surface area contributed by atoms with Crippen molar-refractivity contribution in [2.75, 3.05) is 20.2 Å². The molecule has 0 unspecified atom stereocenters. The zero-order valence-corrected chi connectivity index (χ0v) is 11.6. The van der Waals surface area contributed by atoms with Crippen molar-refractivity contribution in [3.63, 3.8) is 0 Å². The number of hydrogen-bond donors (Lipinski definition) is 0. The zero-order valence-electron chi connectivity index (χ0n) is 11.6. The third kappa shape index (κ3) is 2.26. The van der Waals surface area contributed by atoms with Gasteiger partial charge in [-0.15, -0.1) is 0 Å². The first-order valence-corrected chi connectivity index (χ1v) is 6.86. The molecular weight excluding hydrogens is 261 g/mol. The van der Waals surface area contributed by atoms with Gasteiger partial charge in [0, 0.05) is 24.6 Å². The molecule has 5 heteroatoms. The van der Waals surface area contributed by atoms with Crippen molar-refractivity contribution in [3.8, 4) is 5.75 Å². The summed E-state index contributed by atoms with van der Waals surface area (Å²) < 4.78 is 24.3. The van der Waals surface area contributed by atoms with Crippen LogP contribution in [0.1, 0.15) is 23.7 Å². The molecule has 108 valence electrons. The Morgan fingerprint density at radius 2 is 2.25 bits per heavy atom. The van der Waals surface area contributed by atoms with E-state index in [9.17, 15) is 9.18 Å². The van der Waals surface area contributed by atoms with E-state index >= 15 is 0 Å². The smallest absolute Gasteiger partial charge is 0.254 e. The molecule has 3 rings (SSSR count). The van der Waals surface area contributed by atoms with E-state index in [0.29, 0.717) is 24.6 Å². The van der Waals surface area contributed by atoms with E-state index in [1.165, 1.54) is 19.2 Å². The summed E-state index contributed by atoms with van der Waals surface area (Å²) in [6.07, 6.45) is 1.41. The molecule has 2 heterocycles. The molecule has 20 heavy (non-hydrogen) atoms. The van der Waals surface area contributed by atoms with Gasteiger partial charge in [0.15, 0.2) is 11.6 Å². The highest BCUT2D eigenvalue weighted by Crippen LogP contribution is 2.33. The molecule has 0 aliphatic carbocycles. The molecule has 2 aliphatic rings. The number of fused-ring (bicyclic) bond motifs is 1. The minimum absolute atomic E-state index is 0.136. The Balaban J connectivity index is 1.73.